The number of fused-ring (bicyclic) bond motifs is 1. The Labute approximate surface area is 184 Å². The van der Waals surface area contributed by atoms with Gasteiger partial charge in [-0.3, -0.25) is 9.78 Å². The summed E-state index contributed by atoms with van der Waals surface area (Å²) in [5.41, 5.74) is 4.09. The van der Waals surface area contributed by atoms with Gasteiger partial charge < -0.3 is 19.3 Å². The number of imidazole rings is 1. The normalized spacial score (nSPS) is 15.2. The predicted octanol–water partition coefficient (Wildman–Crippen LogP) is 3.35. The van der Waals surface area contributed by atoms with E-state index in [2.05, 4.69) is 20.4 Å². The molecule has 0 saturated carbocycles. The molecule has 0 aliphatic carbocycles. The third-order valence-electron chi connectivity index (χ3n) is 5.18. The molecule has 3 aromatic heterocycles. The van der Waals surface area contributed by atoms with E-state index in [0.717, 1.165) is 28.2 Å². The van der Waals surface area contributed by atoms with Gasteiger partial charge in [-0.25, -0.2) is 4.98 Å². The maximum atomic E-state index is 12.5. The Bertz CT molecular complexity index is 1270. The molecule has 0 saturated heterocycles. The van der Waals surface area contributed by atoms with Gasteiger partial charge in [0.2, 0.25) is 0 Å². The second-order valence-corrected chi connectivity index (χ2v) is 7.43. The highest BCUT2D eigenvalue weighted by Crippen LogP contribution is 2.29. The number of amides is 1. The monoisotopic (exact) mass is 427 g/mol. The molecular weight excluding hydrogens is 406 g/mol. The highest BCUT2D eigenvalue weighted by Gasteiger charge is 2.23. The number of rotatable bonds is 7. The fourth-order valence-electron chi connectivity index (χ4n) is 3.55. The van der Waals surface area contributed by atoms with E-state index in [4.69, 9.17) is 9.57 Å². The van der Waals surface area contributed by atoms with E-state index in [1.807, 2.05) is 53.1 Å². The average molecular weight is 427 g/mol. The van der Waals surface area contributed by atoms with Gasteiger partial charge in [-0.05, 0) is 24.3 Å². The van der Waals surface area contributed by atoms with Crippen LogP contribution in [0.25, 0.3) is 16.8 Å². The summed E-state index contributed by atoms with van der Waals surface area (Å²) in [4.78, 5) is 26.3. The molecule has 32 heavy (non-hydrogen) atoms. The number of carbonyl (C=O) groups is 1. The quantitative estimate of drug-likeness (QED) is 0.489. The van der Waals surface area contributed by atoms with E-state index in [9.17, 15) is 4.79 Å². The number of nitrogens with zero attached hydrogens (tertiary/aromatic N) is 4. The third kappa shape index (κ3) is 4.29. The standard InChI is InChI=1S/C24H21N5O3/c30-24(18-7-8-23-26-10-11-29(23)15-18)27-14-19-12-20(32-28-19)16-31-22-6-2-1-5-21(22)17-4-3-9-25-13-17/h1-11,13,15,20H,12,14,16H2,(H,27,30). The topological polar surface area (TPSA) is 90.1 Å². The Morgan fingerprint density at radius 3 is 3.00 bits per heavy atom. The molecule has 160 valence electrons. The highest BCUT2D eigenvalue weighted by molar-refractivity contribution is 5.98. The molecule has 8 heteroatoms. The Kier molecular flexibility index (Phi) is 5.48. The minimum Gasteiger partial charge on any atom is -0.489 e. The van der Waals surface area contributed by atoms with Crippen LogP contribution in [0.15, 0.2) is 84.7 Å². The van der Waals surface area contributed by atoms with Crippen molar-refractivity contribution in [1.82, 2.24) is 19.7 Å². The third-order valence-corrected chi connectivity index (χ3v) is 5.18. The first-order valence-electron chi connectivity index (χ1n) is 10.3. The van der Waals surface area contributed by atoms with Crippen LogP contribution in [0.4, 0.5) is 0 Å². The van der Waals surface area contributed by atoms with Gasteiger partial charge in [0.05, 0.1) is 17.8 Å². The van der Waals surface area contributed by atoms with Gasteiger partial charge in [0.15, 0.2) is 6.10 Å². The number of hydrogen-bond donors (Lipinski definition) is 1. The summed E-state index contributed by atoms with van der Waals surface area (Å²) in [7, 11) is 0. The molecule has 1 atom stereocenters. The molecule has 0 spiro atoms. The number of oxime groups is 1. The molecule has 4 aromatic rings. The largest absolute Gasteiger partial charge is 0.489 e. The minimum absolute atomic E-state index is 0.173. The average Bonchev–Trinajstić information content (AvgIpc) is 3.51. The fraction of sp³-hybridized carbons (Fsp3) is 0.167. The van der Waals surface area contributed by atoms with Crippen molar-refractivity contribution in [1.29, 1.82) is 0 Å². The second kappa shape index (κ2) is 8.89. The van der Waals surface area contributed by atoms with Crippen LogP contribution in [0, 0.1) is 0 Å². The van der Waals surface area contributed by atoms with Crippen molar-refractivity contribution < 1.29 is 14.4 Å². The summed E-state index contributed by atoms with van der Waals surface area (Å²) in [5.74, 6) is 0.592. The zero-order chi connectivity index (χ0) is 21.8. The van der Waals surface area contributed by atoms with Crippen molar-refractivity contribution in [2.45, 2.75) is 12.5 Å². The minimum atomic E-state index is -0.203. The predicted molar refractivity (Wildman–Crippen MR) is 120 cm³/mol. The van der Waals surface area contributed by atoms with Crippen LogP contribution in [0.3, 0.4) is 0 Å². The molecule has 1 N–H and O–H groups in total. The van der Waals surface area contributed by atoms with Gasteiger partial charge in [0, 0.05) is 48.5 Å². The van der Waals surface area contributed by atoms with Crippen LogP contribution in [-0.2, 0) is 4.84 Å². The van der Waals surface area contributed by atoms with Gasteiger partial charge in [0.25, 0.3) is 5.91 Å². The van der Waals surface area contributed by atoms with Gasteiger partial charge in [-0.2, -0.15) is 0 Å². The van der Waals surface area contributed by atoms with Crippen LogP contribution < -0.4 is 10.1 Å². The Balaban J connectivity index is 1.13. The number of hydrogen-bond acceptors (Lipinski definition) is 6. The van der Waals surface area contributed by atoms with Crippen LogP contribution in [0.1, 0.15) is 16.8 Å². The van der Waals surface area contributed by atoms with Crippen molar-refractivity contribution in [2.24, 2.45) is 5.16 Å². The lowest BCUT2D eigenvalue weighted by Crippen LogP contribution is -2.30. The van der Waals surface area contributed by atoms with Crippen LogP contribution in [0.5, 0.6) is 5.75 Å². The SMILES string of the molecule is O=C(NCC1=NOC(COc2ccccc2-c2cccnc2)C1)c1ccc2nccn2c1. The number of carbonyl (C=O) groups excluding carboxylic acids is 1. The van der Waals surface area contributed by atoms with Gasteiger partial charge in [-0.15, -0.1) is 0 Å². The first-order chi connectivity index (χ1) is 15.8. The summed E-state index contributed by atoms with van der Waals surface area (Å²) >= 11 is 0. The summed E-state index contributed by atoms with van der Waals surface area (Å²) < 4.78 is 7.84. The number of aromatic nitrogens is 3. The number of pyridine rings is 2. The smallest absolute Gasteiger partial charge is 0.253 e. The summed E-state index contributed by atoms with van der Waals surface area (Å²) in [6.07, 6.45) is 9.19. The zero-order valence-corrected chi connectivity index (χ0v) is 17.2. The van der Waals surface area contributed by atoms with E-state index in [1.165, 1.54) is 0 Å². The van der Waals surface area contributed by atoms with Crippen molar-refractivity contribution in [3.8, 4) is 16.9 Å². The molecule has 0 bridgehead atoms. The lowest BCUT2D eigenvalue weighted by Gasteiger charge is -2.14. The Hall–Kier alpha value is -4.20. The van der Waals surface area contributed by atoms with E-state index < -0.39 is 0 Å². The molecule has 0 radical (unpaired) electrons. The molecule has 5 rings (SSSR count). The summed E-state index contributed by atoms with van der Waals surface area (Å²) in [5, 5.41) is 7.01. The molecule has 1 unspecified atom stereocenters. The molecule has 1 aliphatic rings. The van der Waals surface area contributed by atoms with Crippen LogP contribution in [-0.4, -0.2) is 45.2 Å². The molecule has 0 fully saturated rings. The van der Waals surface area contributed by atoms with Crippen molar-refractivity contribution in [2.75, 3.05) is 13.2 Å². The lowest BCUT2D eigenvalue weighted by atomic mass is 10.1. The Morgan fingerprint density at radius 2 is 2.09 bits per heavy atom. The number of benzene rings is 1. The van der Waals surface area contributed by atoms with E-state index in [1.54, 1.807) is 30.9 Å². The van der Waals surface area contributed by atoms with Gasteiger partial charge in [-0.1, -0.05) is 29.4 Å². The molecular formula is C24H21N5O3. The first-order valence-corrected chi connectivity index (χ1v) is 10.3. The maximum absolute atomic E-state index is 12.5. The van der Waals surface area contributed by atoms with Crippen molar-refractivity contribution >= 4 is 17.3 Å². The highest BCUT2D eigenvalue weighted by atomic mass is 16.7. The van der Waals surface area contributed by atoms with E-state index >= 15 is 0 Å². The van der Waals surface area contributed by atoms with Crippen LogP contribution in [0.2, 0.25) is 0 Å². The summed E-state index contributed by atoms with van der Waals surface area (Å²) in [6, 6.07) is 15.3. The van der Waals surface area contributed by atoms with Crippen LogP contribution >= 0.6 is 0 Å². The van der Waals surface area contributed by atoms with Crippen molar-refractivity contribution in [3.05, 3.63) is 85.1 Å². The second-order valence-electron chi connectivity index (χ2n) is 7.43. The first kappa shape index (κ1) is 19.7. The molecule has 1 aliphatic heterocycles. The molecule has 1 aromatic carbocycles. The fourth-order valence-corrected chi connectivity index (χ4v) is 3.55. The zero-order valence-electron chi connectivity index (χ0n) is 17.2. The lowest BCUT2D eigenvalue weighted by molar-refractivity contribution is 0.0472. The number of para-hydroxylation sites is 1. The Morgan fingerprint density at radius 1 is 1.16 bits per heavy atom. The van der Waals surface area contributed by atoms with Gasteiger partial charge in [0.1, 0.15) is 18.0 Å². The van der Waals surface area contributed by atoms with Crippen molar-refractivity contribution in [3.63, 3.8) is 0 Å². The van der Waals surface area contributed by atoms with E-state index in [0.29, 0.717) is 25.1 Å². The molecule has 1 amide bonds. The maximum Gasteiger partial charge on any atom is 0.253 e. The van der Waals surface area contributed by atoms with Gasteiger partial charge >= 0.3 is 0 Å². The molecule has 8 nitrogen and oxygen atoms in total. The number of nitrogens with one attached hydrogen (secondary N) is 1. The molecule has 4 heterocycles. The summed E-state index contributed by atoms with van der Waals surface area (Å²) in [6.45, 7) is 0.680. The number of ether oxygens (including phenoxy) is 1. The van der Waals surface area contributed by atoms with E-state index in [-0.39, 0.29) is 12.0 Å².